The standard InChI is InChI=1S/C13H9BBrClFNO3/c15-8-2-4-12(11(17)6-8)18-13(19)7-1-3-9(14(20)21)10(16)5-7/h1-6,20-21H,(H,18,19). The van der Waals surface area contributed by atoms with E-state index < -0.39 is 18.8 Å². The molecule has 0 fully saturated rings. The molecule has 1 amide bonds. The van der Waals surface area contributed by atoms with Crippen LogP contribution in [-0.2, 0) is 0 Å². The molecule has 0 saturated heterocycles. The van der Waals surface area contributed by atoms with Gasteiger partial charge in [-0.15, -0.1) is 0 Å². The highest BCUT2D eigenvalue weighted by Crippen LogP contribution is 2.20. The molecule has 21 heavy (non-hydrogen) atoms. The maximum Gasteiger partial charge on any atom is 0.489 e. The van der Waals surface area contributed by atoms with Crippen molar-refractivity contribution in [3.63, 3.8) is 0 Å². The summed E-state index contributed by atoms with van der Waals surface area (Å²) in [7, 11) is -1.72. The minimum atomic E-state index is -1.72. The van der Waals surface area contributed by atoms with Crippen LogP contribution in [0.25, 0.3) is 0 Å². The van der Waals surface area contributed by atoms with Crippen LogP contribution in [0.15, 0.2) is 40.9 Å². The first kappa shape index (κ1) is 16.0. The van der Waals surface area contributed by atoms with Gasteiger partial charge in [-0.25, -0.2) is 4.39 Å². The van der Waals surface area contributed by atoms with E-state index in [1.165, 1.54) is 30.3 Å². The number of halogens is 3. The monoisotopic (exact) mass is 371 g/mol. The van der Waals surface area contributed by atoms with E-state index >= 15 is 0 Å². The van der Waals surface area contributed by atoms with Crippen LogP contribution in [0, 0.1) is 5.82 Å². The van der Waals surface area contributed by atoms with Crippen molar-refractivity contribution in [3.05, 3.63) is 57.3 Å². The molecule has 0 aliphatic carbocycles. The Morgan fingerprint density at radius 2 is 1.95 bits per heavy atom. The fourth-order valence-electron chi connectivity index (χ4n) is 1.66. The molecule has 0 bridgehead atoms. The van der Waals surface area contributed by atoms with Gasteiger partial charge in [-0.05, 0) is 30.3 Å². The van der Waals surface area contributed by atoms with Gasteiger partial charge in [0.05, 0.1) is 5.69 Å². The van der Waals surface area contributed by atoms with E-state index in [1.807, 2.05) is 0 Å². The third-order valence-corrected chi connectivity index (χ3v) is 3.54. The zero-order valence-corrected chi connectivity index (χ0v) is 12.8. The van der Waals surface area contributed by atoms with Gasteiger partial charge >= 0.3 is 7.12 Å². The topological polar surface area (TPSA) is 69.6 Å². The number of rotatable bonds is 3. The minimum Gasteiger partial charge on any atom is -0.423 e. The predicted molar refractivity (Wildman–Crippen MR) is 83.3 cm³/mol. The summed E-state index contributed by atoms with van der Waals surface area (Å²) in [6, 6.07) is 8.21. The van der Waals surface area contributed by atoms with E-state index in [0.717, 1.165) is 0 Å². The van der Waals surface area contributed by atoms with Gasteiger partial charge in [0.15, 0.2) is 0 Å². The van der Waals surface area contributed by atoms with E-state index in [-0.39, 0.29) is 21.7 Å². The number of anilines is 1. The van der Waals surface area contributed by atoms with E-state index in [0.29, 0.717) is 4.47 Å². The smallest absolute Gasteiger partial charge is 0.423 e. The van der Waals surface area contributed by atoms with Crippen molar-refractivity contribution < 1.29 is 19.2 Å². The van der Waals surface area contributed by atoms with Crippen LogP contribution >= 0.6 is 27.5 Å². The molecule has 0 aliphatic rings. The number of nitrogens with one attached hydrogen (secondary N) is 1. The van der Waals surface area contributed by atoms with E-state index in [1.54, 1.807) is 6.07 Å². The maximum absolute atomic E-state index is 13.6. The quantitative estimate of drug-likeness (QED) is 0.724. The van der Waals surface area contributed by atoms with E-state index in [2.05, 4.69) is 21.2 Å². The summed E-state index contributed by atoms with van der Waals surface area (Å²) in [5.74, 6) is -1.14. The second-order valence-corrected chi connectivity index (χ2v) is 5.51. The van der Waals surface area contributed by atoms with Gasteiger partial charge in [0, 0.05) is 20.5 Å². The molecule has 0 spiro atoms. The van der Waals surface area contributed by atoms with Crippen molar-refractivity contribution in [2.75, 3.05) is 5.32 Å². The van der Waals surface area contributed by atoms with Crippen LogP contribution in [-0.4, -0.2) is 23.1 Å². The first-order valence-corrected chi connectivity index (χ1v) is 6.97. The van der Waals surface area contributed by atoms with Crippen LogP contribution in [0.3, 0.4) is 0 Å². The Labute approximate surface area is 133 Å². The highest BCUT2D eigenvalue weighted by Gasteiger charge is 2.17. The summed E-state index contributed by atoms with van der Waals surface area (Å²) in [5, 5.41) is 20.5. The first-order valence-electron chi connectivity index (χ1n) is 5.80. The summed E-state index contributed by atoms with van der Waals surface area (Å²) < 4.78 is 14.2. The molecule has 0 atom stereocenters. The average molecular weight is 372 g/mol. The van der Waals surface area contributed by atoms with E-state index in [9.17, 15) is 9.18 Å². The summed E-state index contributed by atoms with van der Waals surface area (Å²) >= 11 is 8.96. The lowest BCUT2D eigenvalue weighted by Crippen LogP contribution is -2.31. The predicted octanol–water partition coefficient (Wildman–Crippen LogP) is 2.17. The van der Waals surface area contributed by atoms with Crippen molar-refractivity contribution in [2.24, 2.45) is 0 Å². The SMILES string of the molecule is O=C(Nc1ccc(Br)cc1F)c1ccc(B(O)O)c(Cl)c1. The van der Waals surface area contributed by atoms with Crippen LogP contribution in [0.1, 0.15) is 10.4 Å². The van der Waals surface area contributed by atoms with Crippen LogP contribution in [0.5, 0.6) is 0 Å². The molecule has 3 N–H and O–H groups in total. The van der Waals surface area contributed by atoms with Crippen molar-refractivity contribution in [1.29, 1.82) is 0 Å². The van der Waals surface area contributed by atoms with Gasteiger partial charge in [-0.1, -0.05) is 33.6 Å². The Morgan fingerprint density at radius 3 is 2.52 bits per heavy atom. The van der Waals surface area contributed by atoms with Gasteiger partial charge < -0.3 is 15.4 Å². The summed E-state index contributed by atoms with van der Waals surface area (Å²) in [6.07, 6.45) is 0. The molecule has 0 saturated carbocycles. The van der Waals surface area contributed by atoms with Gasteiger partial charge in [-0.3, -0.25) is 4.79 Å². The molecule has 2 rings (SSSR count). The largest absolute Gasteiger partial charge is 0.489 e. The second kappa shape index (κ2) is 6.57. The van der Waals surface area contributed by atoms with Crippen LogP contribution in [0.2, 0.25) is 5.02 Å². The lowest BCUT2D eigenvalue weighted by molar-refractivity contribution is 0.102. The van der Waals surface area contributed by atoms with Crippen LogP contribution < -0.4 is 10.8 Å². The lowest BCUT2D eigenvalue weighted by atomic mass is 9.80. The Bertz CT molecular complexity index is 699. The molecule has 108 valence electrons. The molecule has 0 heterocycles. The Morgan fingerprint density at radius 1 is 1.24 bits per heavy atom. The second-order valence-electron chi connectivity index (χ2n) is 4.19. The molecule has 4 nitrogen and oxygen atoms in total. The zero-order valence-electron chi connectivity index (χ0n) is 10.5. The number of carbonyl (C=O) groups is 1. The molecule has 2 aromatic carbocycles. The number of hydrogen-bond donors (Lipinski definition) is 3. The molecule has 0 aliphatic heterocycles. The van der Waals surface area contributed by atoms with Crippen molar-refractivity contribution >= 4 is 51.7 Å². The third kappa shape index (κ3) is 3.82. The average Bonchev–Trinajstić information content (AvgIpc) is 2.41. The molecule has 0 unspecified atom stereocenters. The Balaban J connectivity index is 2.22. The summed E-state index contributed by atoms with van der Waals surface area (Å²) in [4.78, 5) is 12.0. The normalized spacial score (nSPS) is 10.3. The number of hydrogen-bond acceptors (Lipinski definition) is 3. The highest BCUT2D eigenvalue weighted by atomic mass is 79.9. The number of carbonyl (C=O) groups excluding carboxylic acids is 1. The summed E-state index contributed by atoms with van der Waals surface area (Å²) in [5.41, 5.74) is 0.292. The third-order valence-electron chi connectivity index (χ3n) is 2.72. The fraction of sp³-hybridized carbons (Fsp3) is 0. The van der Waals surface area contributed by atoms with Crippen LogP contribution in [0.4, 0.5) is 10.1 Å². The Hall–Kier alpha value is -1.41. The number of amides is 1. The van der Waals surface area contributed by atoms with Gasteiger partial charge in [0.25, 0.3) is 5.91 Å². The van der Waals surface area contributed by atoms with E-state index in [4.69, 9.17) is 21.6 Å². The lowest BCUT2D eigenvalue weighted by Gasteiger charge is -2.09. The minimum absolute atomic E-state index is 0.0330. The highest BCUT2D eigenvalue weighted by molar-refractivity contribution is 9.10. The van der Waals surface area contributed by atoms with Gasteiger partial charge in [0.1, 0.15) is 5.82 Å². The Kier molecular flexibility index (Phi) is 5.00. The molecule has 0 radical (unpaired) electrons. The van der Waals surface area contributed by atoms with Gasteiger partial charge in [-0.2, -0.15) is 0 Å². The summed E-state index contributed by atoms with van der Waals surface area (Å²) in [6.45, 7) is 0. The molecular weight excluding hydrogens is 363 g/mol. The van der Waals surface area contributed by atoms with Gasteiger partial charge in [0.2, 0.25) is 0 Å². The molecular formula is C13H9BBrClFNO3. The number of benzene rings is 2. The van der Waals surface area contributed by atoms with Crippen molar-refractivity contribution in [2.45, 2.75) is 0 Å². The molecule has 0 aromatic heterocycles. The van der Waals surface area contributed by atoms with Crippen molar-refractivity contribution in [3.8, 4) is 0 Å². The fourth-order valence-corrected chi connectivity index (χ4v) is 2.27. The molecule has 2 aromatic rings. The molecule has 8 heteroatoms. The first-order chi connectivity index (χ1) is 9.88. The van der Waals surface area contributed by atoms with Crippen molar-refractivity contribution in [1.82, 2.24) is 0 Å². The zero-order chi connectivity index (χ0) is 15.6. The maximum atomic E-state index is 13.6.